The highest BCUT2D eigenvalue weighted by Crippen LogP contribution is 2.21. The average Bonchev–Trinajstić information content (AvgIpc) is 3.11. The van der Waals surface area contributed by atoms with Crippen molar-refractivity contribution >= 4 is 34.6 Å². The van der Waals surface area contributed by atoms with E-state index >= 15 is 0 Å². The fourth-order valence-electron chi connectivity index (χ4n) is 2.07. The van der Waals surface area contributed by atoms with Crippen LogP contribution in [0.5, 0.6) is 0 Å². The normalized spacial score (nSPS) is 10.4. The van der Waals surface area contributed by atoms with Crippen LogP contribution in [0.3, 0.4) is 0 Å². The average molecular weight is 342 g/mol. The topological polar surface area (TPSA) is 80.0 Å². The van der Waals surface area contributed by atoms with Gasteiger partial charge in [-0.05, 0) is 41.3 Å². The van der Waals surface area contributed by atoms with Crippen LogP contribution in [0.1, 0.15) is 15.2 Å². The molecular formula is C17H15FN4OS. The predicted molar refractivity (Wildman–Crippen MR) is 94.6 cm³/mol. The number of aromatic nitrogens is 1. The minimum atomic E-state index is -0.271. The minimum Gasteiger partial charge on any atom is -0.382 e. The molecule has 0 aliphatic carbocycles. The van der Waals surface area contributed by atoms with Gasteiger partial charge in [-0.1, -0.05) is 18.2 Å². The summed E-state index contributed by atoms with van der Waals surface area (Å²) >= 11 is 1.35. The zero-order valence-corrected chi connectivity index (χ0v) is 13.4. The molecule has 0 bridgehead atoms. The maximum atomic E-state index is 12.9. The third kappa shape index (κ3) is 3.88. The molecule has 0 fully saturated rings. The van der Waals surface area contributed by atoms with Gasteiger partial charge in [0, 0.05) is 6.54 Å². The molecule has 0 aliphatic rings. The number of rotatable bonds is 5. The molecule has 122 valence electrons. The fourth-order valence-corrected chi connectivity index (χ4v) is 2.68. The molecule has 0 saturated carbocycles. The second kappa shape index (κ2) is 7.10. The number of benzene rings is 1. The van der Waals surface area contributed by atoms with Crippen molar-refractivity contribution in [3.05, 3.63) is 70.2 Å². The molecule has 0 radical (unpaired) electrons. The van der Waals surface area contributed by atoms with Crippen LogP contribution >= 0.6 is 11.3 Å². The molecule has 0 spiro atoms. The number of halogens is 1. The third-order valence-electron chi connectivity index (χ3n) is 3.30. The van der Waals surface area contributed by atoms with Crippen molar-refractivity contribution in [3.8, 4) is 0 Å². The maximum absolute atomic E-state index is 12.9. The van der Waals surface area contributed by atoms with Gasteiger partial charge >= 0.3 is 0 Å². The second-order valence-corrected chi connectivity index (χ2v) is 5.99. The van der Waals surface area contributed by atoms with E-state index in [4.69, 9.17) is 5.73 Å². The van der Waals surface area contributed by atoms with Crippen molar-refractivity contribution in [2.45, 2.75) is 6.54 Å². The van der Waals surface area contributed by atoms with E-state index in [0.29, 0.717) is 22.9 Å². The lowest BCUT2D eigenvalue weighted by Crippen LogP contribution is -2.13. The van der Waals surface area contributed by atoms with Crippen molar-refractivity contribution in [2.24, 2.45) is 0 Å². The van der Waals surface area contributed by atoms with Gasteiger partial charge in [0.05, 0.1) is 10.6 Å². The number of pyridine rings is 1. The van der Waals surface area contributed by atoms with Crippen molar-refractivity contribution in [1.29, 1.82) is 0 Å². The lowest BCUT2D eigenvalue weighted by molar-refractivity contribution is 0.103. The minimum absolute atomic E-state index is 0.217. The van der Waals surface area contributed by atoms with E-state index < -0.39 is 0 Å². The molecule has 0 saturated heterocycles. The van der Waals surface area contributed by atoms with E-state index in [1.165, 1.54) is 23.5 Å². The number of anilines is 3. The van der Waals surface area contributed by atoms with E-state index in [-0.39, 0.29) is 17.5 Å². The van der Waals surface area contributed by atoms with E-state index in [1.807, 2.05) is 11.4 Å². The van der Waals surface area contributed by atoms with Gasteiger partial charge in [-0.3, -0.25) is 4.79 Å². The summed E-state index contributed by atoms with van der Waals surface area (Å²) in [6, 6.07) is 13.2. The summed E-state index contributed by atoms with van der Waals surface area (Å²) in [4.78, 5) is 16.8. The Morgan fingerprint density at radius 2 is 1.96 bits per heavy atom. The van der Waals surface area contributed by atoms with Gasteiger partial charge in [-0.25, -0.2) is 9.37 Å². The number of carbonyl (C=O) groups is 1. The number of nitrogens with two attached hydrogens (primary N) is 1. The van der Waals surface area contributed by atoms with Crippen LogP contribution < -0.4 is 16.4 Å². The summed E-state index contributed by atoms with van der Waals surface area (Å²) in [5.41, 5.74) is 7.28. The first kappa shape index (κ1) is 15.9. The molecule has 2 aromatic heterocycles. The molecule has 5 nitrogen and oxygen atoms in total. The van der Waals surface area contributed by atoms with Crippen LogP contribution in [0.15, 0.2) is 53.9 Å². The van der Waals surface area contributed by atoms with Gasteiger partial charge < -0.3 is 16.4 Å². The summed E-state index contributed by atoms with van der Waals surface area (Å²) in [5.74, 6) is 0.312. The van der Waals surface area contributed by atoms with Crippen molar-refractivity contribution < 1.29 is 9.18 Å². The van der Waals surface area contributed by atoms with E-state index in [2.05, 4.69) is 15.6 Å². The first-order chi connectivity index (χ1) is 11.6. The molecular weight excluding hydrogens is 327 g/mol. The number of hydrogen-bond acceptors (Lipinski definition) is 5. The lowest BCUT2D eigenvalue weighted by Gasteiger charge is -2.10. The first-order valence-electron chi connectivity index (χ1n) is 7.21. The molecule has 3 rings (SSSR count). The Morgan fingerprint density at radius 3 is 2.62 bits per heavy atom. The molecule has 0 unspecified atom stereocenters. The molecule has 7 heteroatoms. The van der Waals surface area contributed by atoms with Crippen LogP contribution in [-0.4, -0.2) is 10.9 Å². The predicted octanol–water partition coefficient (Wildman–Crippen LogP) is 3.73. The van der Waals surface area contributed by atoms with Crippen LogP contribution in [0.25, 0.3) is 0 Å². The number of hydrogen-bond donors (Lipinski definition) is 3. The molecule has 3 aromatic rings. The van der Waals surface area contributed by atoms with Gasteiger partial charge in [0.25, 0.3) is 5.91 Å². The summed E-state index contributed by atoms with van der Waals surface area (Å²) in [7, 11) is 0. The van der Waals surface area contributed by atoms with Crippen LogP contribution in [-0.2, 0) is 6.54 Å². The van der Waals surface area contributed by atoms with Crippen molar-refractivity contribution in [3.63, 3.8) is 0 Å². The van der Waals surface area contributed by atoms with Gasteiger partial charge in [-0.15, -0.1) is 11.3 Å². The van der Waals surface area contributed by atoms with E-state index in [9.17, 15) is 9.18 Å². The Morgan fingerprint density at radius 1 is 1.17 bits per heavy atom. The van der Waals surface area contributed by atoms with Gasteiger partial charge in [0.1, 0.15) is 17.5 Å². The van der Waals surface area contributed by atoms with Crippen molar-refractivity contribution in [2.75, 3.05) is 16.4 Å². The quantitative estimate of drug-likeness (QED) is 0.660. The fraction of sp³-hybridized carbons (Fsp3) is 0.0588. The number of nitrogen functional groups attached to an aromatic ring is 1. The summed E-state index contributed by atoms with van der Waals surface area (Å²) in [6.07, 6.45) is 0. The zero-order valence-electron chi connectivity index (χ0n) is 12.6. The molecule has 4 N–H and O–H groups in total. The Balaban J connectivity index is 1.64. The van der Waals surface area contributed by atoms with E-state index in [1.54, 1.807) is 30.3 Å². The van der Waals surface area contributed by atoms with Crippen molar-refractivity contribution in [1.82, 2.24) is 4.98 Å². The summed E-state index contributed by atoms with van der Waals surface area (Å²) < 4.78 is 12.9. The molecule has 1 amide bonds. The monoisotopic (exact) mass is 342 g/mol. The first-order valence-corrected chi connectivity index (χ1v) is 8.09. The smallest absolute Gasteiger partial charge is 0.265 e. The standard InChI is InChI=1S/C17H15FN4OS/c18-12-5-3-11(4-6-12)10-20-15-8-7-13(16(19)22-15)21-17(23)14-2-1-9-24-14/h1-9H,10H2,(H,21,23)(H3,19,20,22). The van der Waals surface area contributed by atoms with Gasteiger partial charge in [0.2, 0.25) is 0 Å². The summed E-state index contributed by atoms with van der Waals surface area (Å²) in [5, 5.41) is 7.67. The highest BCUT2D eigenvalue weighted by atomic mass is 32.1. The van der Waals surface area contributed by atoms with E-state index in [0.717, 1.165) is 5.56 Å². The second-order valence-electron chi connectivity index (χ2n) is 5.04. The number of amides is 1. The van der Waals surface area contributed by atoms with Gasteiger partial charge in [-0.2, -0.15) is 0 Å². The highest BCUT2D eigenvalue weighted by Gasteiger charge is 2.10. The van der Waals surface area contributed by atoms with Crippen LogP contribution in [0.2, 0.25) is 0 Å². The van der Waals surface area contributed by atoms with Crippen LogP contribution in [0.4, 0.5) is 21.7 Å². The molecule has 1 aromatic carbocycles. The zero-order chi connectivity index (χ0) is 16.9. The molecule has 24 heavy (non-hydrogen) atoms. The largest absolute Gasteiger partial charge is 0.382 e. The number of nitrogens with zero attached hydrogens (tertiary/aromatic N) is 1. The molecule has 0 aliphatic heterocycles. The molecule has 2 heterocycles. The Labute approximate surface area is 142 Å². The third-order valence-corrected chi connectivity index (χ3v) is 4.17. The lowest BCUT2D eigenvalue weighted by atomic mass is 10.2. The maximum Gasteiger partial charge on any atom is 0.265 e. The van der Waals surface area contributed by atoms with Gasteiger partial charge in [0.15, 0.2) is 0 Å². The highest BCUT2D eigenvalue weighted by molar-refractivity contribution is 7.12. The summed E-state index contributed by atoms with van der Waals surface area (Å²) in [6.45, 7) is 0.494. The Kier molecular flexibility index (Phi) is 4.72. The Bertz CT molecular complexity index is 834. The number of carbonyl (C=O) groups excluding carboxylic acids is 1. The number of thiophene rings is 1. The Hall–Kier alpha value is -2.93. The van der Waals surface area contributed by atoms with Crippen LogP contribution in [0, 0.1) is 5.82 Å². The molecule has 0 atom stereocenters. The SMILES string of the molecule is Nc1nc(NCc2ccc(F)cc2)ccc1NC(=O)c1cccs1. The number of nitrogens with one attached hydrogen (secondary N) is 2.